The van der Waals surface area contributed by atoms with Gasteiger partial charge in [-0.3, -0.25) is 0 Å². The number of anilines is 1. The second kappa shape index (κ2) is 6.02. The number of rotatable bonds is 2. The summed E-state index contributed by atoms with van der Waals surface area (Å²) in [5.74, 6) is 0. The van der Waals surface area contributed by atoms with Crippen LogP contribution in [0.4, 0.5) is 5.69 Å². The fraction of sp³-hybridized carbons (Fsp3) is 0.0909. The minimum atomic E-state index is 0.647. The Morgan fingerprint density at radius 3 is 1.72 bits per heavy atom. The highest BCUT2D eigenvalue weighted by molar-refractivity contribution is 5.92. The normalized spacial score (nSPS) is 11.0. The summed E-state index contributed by atoms with van der Waals surface area (Å²) >= 11 is 0. The molecule has 4 rings (SSSR count). The number of fused-ring (bicyclic) bond motifs is 1. The van der Waals surface area contributed by atoms with E-state index in [1.54, 1.807) is 0 Å². The van der Waals surface area contributed by atoms with E-state index in [2.05, 4.69) is 62.4 Å². The first-order valence-corrected chi connectivity index (χ1v) is 8.32. The molecule has 0 aliphatic heterocycles. The Hall–Kier alpha value is -3.20. The Bertz CT molecular complexity index is 1050. The zero-order valence-electron chi connectivity index (χ0n) is 14.3. The van der Waals surface area contributed by atoms with Gasteiger partial charge in [-0.25, -0.2) is 9.97 Å². The predicted molar refractivity (Wildman–Crippen MR) is 104 cm³/mol. The van der Waals surface area contributed by atoms with Crippen LogP contribution in [0.2, 0.25) is 0 Å². The predicted octanol–water partition coefficient (Wildman–Crippen LogP) is 5.16. The fourth-order valence-electron chi connectivity index (χ4n) is 2.92. The molecular weight excluding hydrogens is 306 g/mol. The van der Waals surface area contributed by atoms with Gasteiger partial charge in [-0.05, 0) is 26.0 Å². The lowest BCUT2D eigenvalue weighted by molar-refractivity contribution is 1.29. The van der Waals surface area contributed by atoms with Gasteiger partial charge in [0.2, 0.25) is 0 Å². The first kappa shape index (κ1) is 15.3. The standard InChI is InChI=1S/C22H19N3/c1-14-6-10-16(11-7-14)20-21(17-12-8-15(2)9-13-17)25-22-18(23)4-3-5-19(22)24-20/h3-13H,23H2,1-2H3. The van der Waals surface area contributed by atoms with Gasteiger partial charge in [0.05, 0.1) is 22.6 Å². The third-order valence-electron chi connectivity index (χ3n) is 4.38. The summed E-state index contributed by atoms with van der Waals surface area (Å²) in [6.45, 7) is 4.16. The topological polar surface area (TPSA) is 51.8 Å². The zero-order valence-corrected chi connectivity index (χ0v) is 14.3. The Morgan fingerprint density at radius 2 is 1.16 bits per heavy atom. The molecular formula is C22H19N3. The molecule has 2 N–H and O–H groups in total. The molecule has 1 aromatic heterocycles. The lowest BCUT2D eigenvalue weighted by Gasteiger charge is -2.12. The lowest BCUT2D eigenvalue weighted by Crippen LogP contribution is -1.98. The van der Waals surface area contributed by atoms with Crippen LogP contribution in [-0.4, -0.2) is 9.97 Å². The van der Waals surface area contributed by atoms with Crippen LogP contribution in [0, 0.1) is 13.8 Å². The van der Waals surface area contributed by atoms with Crippen LogP contribution in [0.25, 0.3) is 33.5 Å². The number of hydrogen-bond acceptors (Lipinski definition) is 3. The van der Waals surface area contributed by atoms with E-state index in [0.717, 1.165) is 33.5 Å². The molecule has 0 aliphatic carbocycles. The second-order valence-electron chi connectivity index (χ2n) is 6.37. The average Bonchev–Trinajstić information content (AvgIpc) is 2.63. The third-order valence-corrected chi connectivity index (χ3v) is 4.38. The van der Waals surface area contributed by atoms with Crippen molar-refractivity contribution in [3.63, 3.8) is 0 Å². The summed E-state index contributed by atoms with van der Waals surface area (Å²) in [5, 5.41) is 0. The van der Waals surface area contributed by atoms with Crippen LogP contribution < -0.4 is 5.73 Å². The number of nitrogen functional groups attached to an aromatic ring is 1. The van der Waals surface area contributed by atoms with Gasteiger partial charge in [0.1, 0.15) is 5.52 Å². The molecule has 3 aromatic carbocycles. The molecule has 0 unspecified atom stereocenters. The van der Waals surface area contributed by atoms with Crippen LogP contribution >= 0.6 is 0 Å². The smallest absolute Gasteiger partial charge is 0.112 e. The Labute approximate surface area is 147 Å². The van der Waals surface area contributed by atoms with E-state index >= 15 is 0 Å². The summed E-state index contributed by atoms with van der Waals surface area (Å²) in [7, 11) is 0. The van der Waals surface area contributed by atoms with E-state index in [9.17, 15) is 0 Å². The number of nitrogens with zero attached hydrogens (tertiary/aromatic N) is 2. The van der Waals surface area contributed by atoms with Crippen LogP contribution in [-0.2, 0) is 0 Å². The van der Waals surface area contributed by atoms with E-state index in [0.29, 0.717) is 5.69 Å². The number of nitrogens with two attached hydrogens (primary N) is 1. The number of aryl methyl sites for hydroxylation is 2. The van der Waals surface area contributed by atoms with Crippen molar-refractivity contribution in [3.05, 3.63) is 77.9 Å². The van der Waals surface area contributed by atoms with Crippen LogP contribution in [0.5, 0.6) is 0 Å². The largest absolute Gasteiger partial charge is 0.397 e. The maximum Gasteiger partial charge on any atom is 0.112 e. The van der Waals surface area contributed by atoms with Crippen LogP contribution in [0.1, 0.15) is 11.1 Å². The summed E-state index contributed by atoms with van der Waals surface area (Å²) in [5.41, 5.74) is 14.6. The molecule has 3 heteroatoms. The lowest BCUT2D eigenvalue weighted by atomic mass is 10.0. The van der Waals surface area contributed by atoms with Crippen molar-refractivity contribution < 1.29 is 0 Å². The second-order valence-corrected chi connectivity index (χ2v) is 6.37. The molecule has 0 bridgehead atoms. The molecule has 3 nitrogen and oxygen atoms in total. The van der Waals surface area contributed by atoms with Crippen molar-refractivity contribution in [1.82, 2.24) is 9.97 Å². The minimum absolute atomic E-state index is 0.647. The van der Waals surface area contributed by atoms with Crippen molar-refractivity contribution in [2.24, 2.45) is 0 Å². The van der Waals surface area contributed by atoms with Crippen molar-refractivity contribution >= 4 is 16.7 Å². The zero-order chi connectivity index (χ0) is 17.4. The maximum absolute atomic E-state index is 6.13. The summed E-state index contributed by atoms with van der Waals surface area (Å²) in [6, 6.07) is 22.5. The van der Waals surface area contributed by atoms with Crippen molar-refractivity contribution in [1.29, 1.82) is 0 Å². The summed E-state index contributed by atoms with van der Waals surface area (Å²) < 4.78 is 0. The van der Waals surface area contributed by atoms with Gasteiger partial charge in [0.25, 0.3) is 0 Å². The van der Waals surface area contributed by atoms with Gasteiger partial charge in [0, 0.05) is 11.1 Å². The molecule has 4 aromatic rings. The Balaban J connectivity index is 2.03. The van der Waals surface area contributed by atoms with Crippen molar-refractivity contribution in [2.45, 2.75) is 13.8 Å². The maximum atomic E-state index is 6.13. The molecule has 0 aliphatic rings. The van der Waals surface area contributed by atoms with Gasteiger partial charge in [-0.1, -0.05) is 65.7 Å². The highest BCUT2D eigenvalue weighted by Crippen LogP contribution is 2.32. The number of aromatic nitrogens is 2. The van der Waals surface area contributed by atoms with Gasteiger partial charge in [-0.2, -0.15) is 0 Å². The monoisotopic (exact) mass is 325 g/mol. The van der Waals surface area contributed by atoms with Crippen LogP contribution in [0.15, 0.2) is 66.7 Å². The third kappa shape index (κ3) is 2.85. The number of hydrogen-bond donors (Lipinski definition) is 1. The molecule has 122 valence electrons. The Kier molecular flexibility index (Phi) is 3.69. The van der Waals surface area contributed by atoms with Gasteiger partial charge >= 0.3 is 0 Å². The van der Waals surface area contributed by atoms with E-state index in [-0.39, 0.29) is 0 Å². The molecule has 0 radical (unpaired) electrons. The average molecular weight is 325 g/mol. The highest BCUT2D eigenvalue weighted by atomic mass is 14.8. The fourth-order valence-corrected chi connectivity index (χ4v) is 2.92. The van der Waals surface area contributed by atoms with Gasteiger partial charge in [-0.15, -0.1) is 0 Å². The summed E-state index contributed by atoms with van der Waals surface area (Å²) in [4.78, 5) is 9.78. The van der Waals surface area contributed by atoms with Crippen molar-refractivity contribution in [2.75, 3.05) is 5.73 Å². The molecule has 0 saturated carbocycles. The molecule has 0 spiro atoms. The van der Waals surface area contributed by atoms with E-state index < -0.39 is 0 Å². The molecule has 0 saturated heterocycles. The minimum Gasteiger partial charge on any atom is -0.397 e. The highest BCUT2D eigenvalue weighted by Gasteiger charge is 2.14. The Morgan fingerprint density at radius 1 is 0.640 bits per heavy atom. The molecule has 0 fully saturated rings. The molecule has 1 heterocycles. The van der Waals surface area contributed by atoms with E-state index in [4.69, 9.17) is 15.7 Å². The molecule has 25 heavy (non-hydrogen) atoms. The first-order chi connectivity index (χ1) is 12.1. The van der Waals surface area contributed by atoms with E-state index in [1.807, 2.05) is 18.2 Å². The van der Waals surface area contributed by atoms with E-state index in [1.165, 1.54) is 11.1 Å². The van der Waals surface area contributed by atoms with Gasteiger partial charge < -0.3 is 5.73 Å². The number of benzene rings is 3. The molecule has 0 amide bonds. The first-order valence-electron chi connectivity index (χ1n) is 8.32. The summed E-state index contributed by atoms with van der Waals surface area (Å²) in [6.07, 6.45) is 0. The van der Waals surface area contributed by atoms with Gasteiger partial charge in [0.15, 0.2) is 0 Å². The molecule has 0 atom stereocenters. The quantitative estimate of drug-likeness (QED) is 0.518. The number of para-hydroxylation sites is 1. The van der Waals surface area contributed by atoms with Crippen molar-refractivity contribution in [3.8, 4) is 22.5 Å². The SMILES string of the molecule is Cc1ccc(-c2nc3cccc(N)c3nc2-c2ccc(C)cc2)cc1. The van der Waals surface area contributed by atoms with Crippen LogP contribution in [0.3, 0.4) is 0 Å².